The van der Waals surface area contributed by atoms with E-state index in [0.29, 0.717) is 32.6 Å². The van der Waals surface area contributed by atoms with Gasteiger partial charge in [-0.25, -0.2) is 0 Å². The van der Waals surface area contributed by atoms with Crippen molar-refractivity contribution in [3.05, 3.63) is 60.2 Å². The van der Waals surface area contributed by atoms with Crippen molar-refractivity contribution in [3.8, 4) is 0 Å². The van der Waals surface area contributed by atoms with Gasteiger partial charge in [0.1, 0.15) is 11.6 Å². The summed E-state index contributed by atoms with van der Waals surface area (Å²) in [6.07, 6.45) is -3.35. The molecule has 0 aliphatic carbocycles. The Morgan fingerprint density at radius 1 is 0.978 bits per heavy atom. The number of hydrogen-bond donors (Lipinski definition) is 3. The van der Waals surface area contributed by atoms with E-state index in [-0.39, 0.29) is 30.3 Å². The first-order chi connectivity index (χ1) is 21.2. The van der Waals surface area contributed by atoms with E-state index >= 15 is 0 Å². The van der Waals surface area contributed by atoms with Crippen molar-refractivity contribution in [1.29, 1.82) is 0 Å². The molecule has 1 aliphatic rings. The molecule has 45 heavy (non-hydrogen) atoms. The van der Waals surface area contributed by atoms with Gasteiger partial charge in [-0.2, -0.15) is 13.2 Å². The van der Waals surface area contributed by atoms with Crippen LogP contribution in [-0.2, 0) is 19.1 Å². The summed E-state index contributed by atoms with van der Waals surface area (Å²) in [6.45, 7) is 12.5. The van der Waals surface area contributed by atoms with Crippen molar-refractivity contribution in [1.82, 2.24) is 10.6 Å². The van der Waals surface area contributed by atoms with E-state index in [9.17, 15) is 22.8 Å². The van der Waals surface area contributed by atoms with Crippen molar-refractivity contribution in [3.63, 3.8) is 0 Å². The van der Waals surface area contributed by atoms with Crippen molar-refractivity contribution >= 4 is 23.3 Å². The number of anilines is 2. The van der Waals surface area contributed by atoms with Crippen LogP contribution in [0.3, 0.4) is 0 Å². The van der Waals surface area contributed by atoms with Gasteiger partial charge in [0, 0.05) is 43.5 Å². The number of carbonyl (C=O) groups is 2. The Kier molecular flexibility index (Phi) is 13.5. The highest BCUT2D eigenvalue weighted by atomic mass is 19.4. The molecule has 8 nitrogen and oxygen atoms in total. The summed E-state index contributed by atoms with van der Waals surface area (Å²) in [5, 5.41) is 8.95. The third-order valence-electron chi connectivity index (χ3n) is 7.35. The average Bonchev–Trinajstić information content (AvgIpc) is 2.97. The van der Waals surface area contributed by atoms with Crippen LogP contribution in [0, 0.1) is 5.92 Å². The number of alkyl halides is 3. The lowest BCUT2D eigenvalue weighted by Crippen LogP contribution is -2.52. The SMILES string of the molecule is CC(C)C[C@H](N[C@@H](c1ccccc1)C(F)(F)F)C(=O)N[C@@H](CCCC(=O)OC(C)(C)C)CNc1ccc(N2CCOCC2)cc1. The van der Waals surface area contributed by atoms with Crippen LogP contribution in [0.1, 0.15) is 71.9 Å². The van der Waals surface area contributed by atoms with Crippen LogP contribution < -0.4 is 20.9 Å². The standard InChI is InChI=1S/C34H49F3N4O4/c1-24(2)22-29(40-31(34(35,36)37)25-10-7-6-8-11-25)32(43)39-27(12-9-13-30(42)45-33(3,4)5)23-38-26-14-16-28(17-15-26)41-18-20-44-21-19-41/h6-8,10-11,14-17,24,27,29,31,38,40H,9,12-13,18-23H2,1-5H3,(H,39,43)/t27-,29-,31-/m0/s1. The predicted octanol–water partition coefficient (Wildman–Crippen LogP) is 6.24. The van der Waals surface area contributed by atoms with Gasteiger partial charge in [-0.15, -0.1) is 0 Å². The summed E-state index contributed by atoms with van der Waals surface area (Å²) in [5.74, 6) is -0.887. The van der Waals surface area contributed by atoms with Crippen molar-refractivity contribution in [2.45, 2.75) is 90.2 Å². The van der Waals surface area contributed by atoms with Gasteiger partial charge < -0.3 is 25.0 Å². The highest BCUT2D eigenvalue weighted by Crippen LogP contribution is 2.33. The van der Waals surface area contributed by atoms with Gasteiger partial charge in [0.25, 0.3) is 0 Å². The molecule has 2 aromatic rings. The number of benzene rings is 2. The fourth-order valence-electron chi connectivity index (χ4n) is 5.21. The minimum Gasteiger partial charge on any atom is -0.460 e. The zero-order valence-corrected chi connectivity index (χ0v) is 27.1. The minimum absolute atomic E-state index is 0.0355. The molecule has 1 amide bonds. The molecule has 3 N–H and O–H groups in total. The Bertz CT molecular complexity index is 1180. The summed E-state index contributed by atoms with van der Waals surface area (Å²) in [4.78, 5) is 28.2. The molecular weight excluding hydrogens is 585 g/mol. The van der Waals surface area contributed by atoms with Crippen molar-refractivity contribution < 1.29 is 32.2 Å². The van der Waals surface area contributed by atoms with Crippen LogP contribution in [0.4, 0.5) is 24.5 Å². The van der Waals surface area contributed by atoms with Crippen LogP contribution >= 0.6 is 0 Å². The lowest BCUT2D eigenvalue weighted by Gasteiger charge is -2.30. The van der Waals surface area contributed by atoms with Gasteiger partial charge in [-0.3, -0.25) is 14.9 Å². The molecule has 1 saturated heterocycles. The Hall–Kier alpha value is -3.31. The molecular formula is C34H49F3N4O4. The lowest BCUT2D eigenvalue weighted by atomic mass is 9.99. The number of esters is 1. The van der Waals surface area contributed by atoms with Gasteiger partial charge in [0.05, 0.1) is 19.3 Å². The number of amides is 1. The molecule has 0 aromatic heterocycles. The number of halogens is 3. The van der Waals surface area contributed by atoms with Crippen LogP contribution in [-0.4, -0.2) is 68.6 Å². The summed E-state index contributed by atoms with van der Waals surface area (Å²) in [7, 11) is 0. The topological polar surface area (TPSA) is 91.9 Å². The van der Waals surface area contributed by atoms with Gasteiger partial charge in [-0.05, 0) is 75.8 Å². The number of nitrogens with zero attached hydrogens (tertiary/aromatic N) is 1. The average molecular weight is 635 g/mol. The molecule has 1 aliphatic heterocycles. The molecule has 2 aromatic carbocycles. The predicted molar refractivity (Wildman–Crippen MR) is 171 cm³/mol. The number of ether oxygens (including phenoxy) is 2. The molecule has 0 radical (unpaired) electrons. The normalized spacial score (nSPS) is 16.2. The quantitative estimate of drug-likeness (QED) is 0.200. The Morgan fingerprint density at radius 3 is 2.20 bits per heavy atom. The third-order valence-corrected chi connectivity index (χ3v) is 7.35. The molecule has 1 heterocycles. The summed E-state index contributed by atoms with van der Waals surface area (Å²) in [6, 6.07) is 12.0. The smallest absolute Gasteiger partial charge is 0.407 e. The third kappa shape index (κ3) is 12.9. The first-order valence-corrected chi connectivity index (χ1v) is 15.8. The van der Waals surface area contributed by atoms with E-state index in [4.69, 9.17) is 9.47 Å². The van der Waals surface area contributed by atoms with E-state index in [0.717, 1.165) is 24.5 Å². The summed E-state index contributed by atoms with van der Waals surface area (Å²) < 4.78 is 53.4. The van der Waals surface area contributed by atoms with E-state index in [1.165, 1.54) is 12.1 Å². The van der Waals surface area contributed by atoms with Gasteiger partial charge >= 0.3 is 12.1 Å². The van der Waals surface area contributed by atoms with E-state index in [1.54, 1.807) is 39.0 Å². The largest absolute Gasteiger partial charge is 0.460 e. The summed E-state index contributed by atoms with van der Waals surface area (Å²) in [5.41, 5.74) is 1.37. The molecule has 0 bridgehead atoms. The first kappa shape index (κ1) is 36.2. The second kappa shape index (κ2) is 16.8. The first-order valence-electron chi connectivity index (χ1n) is 15.8. The zero-order valence-electron chi connectivity index (χ0n) is 27.1. The molecule has 11 heteroatoms. The number of nitrogens with one attached hydrogen (secondary N) is 3. The number of rotatable bonds is 15. The van der Waals surface area contributed by atoms with Crippen molar-refractivity contribution in [2.24, 2.45) is 5.92 Å². The van der Waals surface area contributed by atoms with Gasteiger partial charge in [-0.1, -0.05) is 44.2 Å². The van der Waals surface area contributed by atoms with Crippen LogP contribution in [0.5, 0.6) is 0 Å². The molecule has 3 rings (SSSR count). The van der Waals surface area contributed by atoms with Gasteiger partial charge in [0.15, 0.2) is 0 Å². The van der Waals surface area contributed by atoms with Crippen LogP contribution in [0.25, 0.3) is 0 Å². The van der Waals surface area contributed by atoms with E-state index in [2.05, 4.69) is 20.9 Å². The second-order valence-corrected chi connectivity index (χ2v) is 12.9. The fourth-order valence-corrected chi connectivity index (χ4v) is 5.21. The number of carbonyl (C=O) groups excluding carboxylic acids is 2. The Morgan fingerprint density at radius 2 is 1.62 bits per heavy atom. The highest BCUT2D eigenvalue weighted by molar-refractivity contribution is 5.82. The molecule has 0 unspecified atom stereocenters. The zero-order chi connectivity index (χ0) is 33.0. The second-order valence-electron chi connectivity index (χ2n) is 12.9. The number of morpholine rings is 1. The van der Waals surface area contributed by atoms with Crippen LogP contribution in [0.15, 0.2) is 54.6 Å². The molecule has 3 atom stereocenters. The van der Waals surface area contributed by atoms with Gasteiger partial charge in [0.2, 0.25) is 5.91 Å². The maximum atomic E-state index is 14.2. The molecule has 250 valence electrons. The maximum Gasteiger partial charge on any atom is 0.407 e. The fraction of sp³-hybridized carbons (Fsp3) is 0.588. The molecule has 1 fully saturated rings. The lowest BCUT2D eigenvalue weighted by molar-refractivity contribution is -0.161. The maximum absolute atomic E-state index is 14.2. The van der Waals surface area contributed by atoms with E-state index in [1.807, 2.05) is 38.1 Å². The van der Waals surface area contributed by atoms with Crippen LogP contribution in [0.2, 0.25) is 0 Å². The summed E-state index contributed by atoms with van der Waals surface area (Å²) >= 11 is 0. The minimum atomic E-state index is -4.60. The Balaban J connectivity index is 1.72. The number of hydrogen-bond acceptors (Lipinski definition) is 7. The van der Waals surface area contributed by atoms with E-state index < -0.39 is 35.8 Å². The molecule has 0 spiro atoms. The monoisotopic (exact) mass is 634 g/mol. The van der Waals surface area contributed by atoms with Crippen molar-refractivity contribution in [2.75, 3.05) is 43.1 Å². The highest BCUT2D eigenvalue weighted by Gasteiger charge is 2.43. The Labute approximate surface area is 265 Å². The molecule has 0 saturated carbocycles.